The van der Waals surface area contributed by atoms with Crippen LogP contribution in [-0.4, -0.2) is 29.2 Å². The van der Waals surface area contributed by atoms with Crippen molar-refractivity contribution in [3.8, 4) is 0 Å². The summed E-state index contributed by atoms with van der Waals surface area (Å²) in [5.41, 5.74) is 0. The van der Waals surface area contributed by atoms with Crippen LogP contribution >= 0.6 is 0 Å². The number of ether oxygens (including phenoxy) is 2. The second kappa shape index (κ2) is 3.30. The van der Waals surface area contributed by atoms with Crippen molar-refractivity contribution in [3.05, 3.63) is 12.7 Å². The van der Waals surface area contributed by atoms with E-state index in [2.05, 4.69) is 6.58 Å². The second-order valence-corrected chi connectivity index (χ2v) is 4.99. The first-order valence-corrected chi connectivity index (χ1v) is 5.90. The Morgan fingerprint density at radius 2 is 1.87 bits per heavy atom. The first kappa shape index (κ1) is 9.82. The van der Waals surface area contributed by atoms with Crippen molar-refractivity contribution in [1.82, 2.24) is 0 Å². The molecule has 0 bridgehead atoms. The molecule has 3 aliphatic rings. The lowest BCUT2D eigenvalue weighted by atomic mass is 10.1. The van der Waals surface area contributed by atoms with E-state index in [1.165, 1.54) is 12.8 Å². The van der Waals surface area contributed by atoms with Gasteiger partial charge in [0.1, 0.15) is 6.10 Å². The molecule has 1 aliphatic heterocycles. The Bertz CT molecular complexity index is 270. The lowest BCUT2D eigenvalue weighted by Gasteiger charge is -2.24. The normalized spacial score (nSPS) is 47.3. The van der Waals surface area contributed by atoms with E-state index in [1.54, 1.807) is 0 Å². The first-order chi connectivity index (χ1) is 7.24. The Hall–Kier alpha value is -0.380. The van der Waals surface area contributed by atoms with Crippen LogP contribution in [0.25, 0.3) is 0 Å². The van der Waals surface area contributed by atoms with E-state index in [1.807, 2.05) is 6.08 Å². The maximum atomic E-state index is 9.89. The number of aliphatic hydroxyl groups is 1. The average Bonchev–Trinajstić information content (AvgIpc) is 2.88. The van der Waals surface area contributed by atoms with Gasteiger partial charge < -0.3 is 14.6 Å². The molecule has 0 aromatic heterocycles. The van der Waals surface area contributed by atoms with E-state index in [0.29, 0.717) is 0 Å². The van der Waals surface area contributed by atoms with Crippen molar-refractivity contribution in [1.29, 1.82) is 0 Å². The molecule has 84 valence electrons. The van der Waals surface area contributed by atoms with Crippen LogP contribution in [0.5, 0.6) is 0 Å². The van der Waals surface area contributed by atoms with Crippen LogP contribution in [0.1, 0.15) is 32.1 Å². The Labute approximate surface area is 90.1 Å². The van der Waals surface area contributed by atoms with E-state index >= 15 is 0 Å². The van der Waals surface area contributed by atoms with Crippen LogP contribution in [0.4, 0.5) is 0 Å². The van der Waals surface area contributed by atoms with Gasteiger partial charge in [-0.3, -0.25) is 0 Å². The summed E-state index contributed by atoms with van der Waals surface area (Å²) in [6.45, 7) is 3.81. The standard InChI is InChI=1S/C12H18O3/c1-2-8-7-9(13)11-10(8)14-12(15-11)5-3-4-6-12/h2,8-11,13H,1,3-7H2/t8-,9-,10+,11-/m0/s1. The minimum Gasteiger partial charge on any atom is -0.390 e. The zero-order valence-corrected chi connectivity index (χ0v) is 8.89. The molecule has 0 aromatic carbocycles. The third kappa shape index (κ3) is 1.37. The van der Waals surface area contributed by atoms with Crippen molar-refractivity contribution in [2.75, 3.05) is 0 Å². The molecule has 2 saturated carbocycles. The van der Waals surface area contributed by atoms with Crippen LogP contribution in [0.2, 0.25) is 0 Å². The van der Waals surface area contributed by atoms with Gasteiger partial charge in [0.25, 0.3) is 0 Å². The van der Waals surface area contributed by atoms with Gasteiger partial charge in [-0.25, -0.2) is 0 Å². The van der Waals surface area contributed by atoms with E-state index in [4.69, 9.17) is 9.47 Å². The highest BCUT2D eigenvalue weighted by molar-refractivity contribution is 5.05. The van der Waals surface area contributed by atoms with E-state index in [-0.39, 0.29) is 30.0 Å². The van der Waals surface area contributed by atoms with Crippen LogP contribution in [0.15, 0.2) is 12.7 Å². The SMILES string of the molecule is C=C[C@H]1C[C@H](O)[C@@H]2OC3(CCCC3)O[C@@H]21. The third-order valence-corrected chi connectivity index (χ3v) is 4.01. The van der Waals surface area contributed by atoms with E-state index in [0.717, 1.165) is 19.3 Å². The molecule has 0 unspecified atom stereocenters. The molecular weight excluding hydrogens is 192 g/mol. The highest BCUT2D eigenvalue weighted by Gasteiger charge is 2.56. The fourth-order valence-corrected chi connectivity index (χ4v) is 3.21. The molecular formula is C12H18O3. The Kier molecular flexibility index (Phi) is 2.16. The quantitative estimate of drug-likeness (QED) is 0.668. The summed E-state index contributed by atoms with van der Waals surface area (Å²) in [6, 6.07) is 0. The lowest BCUT2D eigenvalue weighted by molar-refractivity contribution is -0.185. The van der Waals surface area contributed by atoms with Crippen molar-refractivity contribution >= 4 is 0 Å². The first-order valence-electron chi connectivity index (χ1n) is 5.90. The molecule has 1 saturated heterocycles. The van der Waals surface area contributed by atoms with Crippen molar-refractivity contribution < 1.29 is 14.6 Å². The van der Waals surface area contributed by atoms with Gasteiger partial charge in [0, 0.05) is 18.8 Å². The van der Waals surface area contributed by atoms with Gasteiger partial charge in [0.15, 0.2) is 5.79 Å². The highest BCUT2D eigenvalue weighted by atomic mass is 16.8. The average molecular weight is 210 g/mol. The molecule has 4 atom stereocenters. The Balaban J connectivity index is 1.81. The minimum atomic E-state index is -0.377. The van der Waals surface area contributed by atoms with Crippen molar-refractivity contribution in [3.63, 3.8) is 0 Å². The maximum absolute atomic E-state index is 9.89. The number of hydrogen-bond donors (Lipinski definition) is 1. The molecule has 0 radical (unpaired) electrons. The van der Waals surface area contributed by atoms with Gasteiger partial charge in [0.05, 0.1) is 12.2 Å². The van der Waals surface area contributed by atoms with Crippen LogP contribution in [0, 0.1) is 5.92 Å². The summed E-state index contributed by atoms with van der Waals surface area (Å²) < 4.78 is 12.0. The van der Waals surface area contributed by atoms with Crippen molar-refractivity contribution in [2.45, 2.75) is 56.2 Å². The Morgan fingerprint density at radius 1 is 1.20 bits per heavy atom. The molecule has 3 heteroatoms. The predicted octanol–water partition coefficient (Wildman–Crippen LogP) is 1.61. The van der Waals surface area contributed by atoms with Gasteiger partial charge in [-0.2, -0.15) is 0 Å². The molecule has 3 nitrogen and oxygen atoms in total. The number of fused-ring (bicyclic) bond motifs is 1. The molecule has 0 aromatic rings. The lowest BCUT2D eigenvalue weighted by Crippen LogP contribution is -2.30. The molecule has 2 aliphatic carbocycles. The maximum Gasteiger partial charge on any atom is 0.169 e. The molecule has 3 fully saturated rings. The van der Waals surface area contributed by atoms with Crippen LogP contribution < -0.4 is 0 Å². The summed E-state index contributed by atoms with van der Waals surface area (Å²) >= 11 is 0. The highest BCUT2D eigenvalue weighted by Crippen LogP contribution is 2.48. The molecule has 1 N–H and O–H groups in total. The fraction of sp³-hybridized carbons (Fsp3) is 0.833. The predicted molar refractivity (Wildman–Crippen MR) is 55.3 cm³/mol. The van der Waals surface area contributed by atoms with Gasteiger partial charge in [-0.05, 0) is 19.3 Å². The number of aliphatic hydroxyl groups excluding tert-OH is 1. The summed E-state index contributed by atoms with van der Waals surface area (Å²) in [6.07, 6.45) is 6.48. The van der Waals surface area contributed by atoms with Crippen LogP contribution in [0.3, 0.4) is 0 Å². The smallest absolute Gasteiger partial charge is 0.169 e. The van der Waals surface area contributed by atoms with Crippen molar-refractivity contribution in [2.24, 2.45) is 5.92 Å². The van der Waals surface area contributed by atoms with Gasteiger partial charge in [-0.1, -0.05) is 6.08 Å². The van der Waals surface area contributed by atoms with E-state index in [9.17, 15) is 5.11 Å². The Morgan fingerprint density at radius 3 is 2.53 bits per heavy atom. The summed E-state index contributed by atoms with van der Waals surface area (Å²) in [4.78, 5) is 0. The third-order valence-electron chi connectivity index (χ3n) is 4.01. The topological polar surface area (TPSA) is 38.7 Å². The molecule has 1 heterocycles. The van der Waals surface area contributed by atoms with Gasteiger partial charge in [-0.15, -0.1) is 6.58 Å². The number of rotatable bonds is 1. The largest absolute Gasteiger partial charge is 0.390 e. The summed E-state index contributed by atoms with van der Waals surface area (Å²) in [5, 5.41) is 9.89. The van der Waals surface area contributed by atoms with Gasteiger partial charge in [0.2, 0.25) is 0 Å². The molecule has 0 amide bonds. The molecule has 1 spiro atoms. The minimum absolute atomic E-state index is 0.0376. The van der Waals surface area contributed by atoms with Crippen LogP contribution in [-0.2, 0) is 9.47 Å². The molecule has 3 rings (SSSR count). The summed E-state index contributed by atoms with van der Waals surface area (Å²) in [7, 11) is 0. The van der Waals surface area contributed by atoms with E-state index < -0.39 is 0 Å². The molecule has 15 heavy (non-hydrogen) atoms. The monoisotopic (exact) mass is 210 g/mol. The summed E-state index contributed by atoms with van der Waals surface area (Å²) in [5.74, 6) is -0.108. The number of hydrogen-bond acceptors (Lipinski definition) is 3. The zero-order valence-electron chi connectivity index (χ0n) is 8.89. The second-order valence-electron chi connectivity index (χ2n) is 4.99. The zero-order chi connectivity index (χ0) is 10.5. The fourth-order valence-electron chi connectivity index (χ4n) is 3.21. The van der Waals surface area contributed by atoms with Gasteiger partial charge >= 0.3 is 0 Å².